The molecule has 1 N–H and O–H groups in total. The molecular weight excluding hydrogens is 224 g/mol. The Hall–Kier alpha value is -0.420. The monoisotopic (exact) mass is 246 g/mol. The normalized spacial score (nSPS) is 22.5. The first-order chi connectivity index (χ1) is 7.47. The fourth-order valence-corrected chi connectivity index (χ4v) is 2.16. The van der Waals surface area contributed by atoms with Crippen LogP contribution in [0.15, 0.2) is 0 Å². The van der Waals surface area contributed by atoms with E-state index in [0.717, 1.165) is 25.9 Å². The molecule has 16 heavy (non-hydrogen) atoms. The van der Waals surface area contributed by atoms with Crippen LogP contribution in [0.2, 0.25) is 0 Å². The van der Waals surface area contributed by atoms with Crippen molar-refractivity contribution in [3.8, 4) is 0 Å². The van der Waals surface area contributed by atoms with E-state index in [1.54, 1.807) is 0 Å². The number of ether oxygens (including phenoxy) is 1. The minimum absolute atomic E-state index is 0.134. The summed E-state index contributed by atoms with van der Waals surface area (Å²) in [5.74, 6) is 0. The molecule has 0 aromatic heterocycles. The van der Waals surface area contributed by atoms with Crippen LogP contribution in [0.3, 0.4) is 0 Å². The van der Waals surface area contributed by atoms with Crippen LogP contribution in [-0.4, -0.2) is 41.6 Å². The highest BCUT2D eigenvalue weighted by molar-refractivity contribution is 7.80. The van der Waals surface area contributed by atoms with Gasteiger partial charge in [0.1, 0.15) is 0 Å². The van der Waals surface area contributed by atoms with Crippen LogP contribution in [-0.2, 0) is 4.74 Å². The average molecular weight is 246 g/mol. The molecule has 5 heteroatoms. The number of nitrogens with zero attached hydrogens (tertiary/aromatic N) is 1. The Bertz CT molecular complexity index is 238. The van der Waals surface area contributed by atoms with E-state index in [1.807, 2.05) is 6.92 Å². The van der Waals surface area contributed by atoms with Crippen molar-refractivity contribution in [1.82, 2.24) is 10.2 Å². The Kier molecular flexibility index (Phi) is 4.92. The highest BCUT2D eigenvalue weighted by Gasteiger charge is 2.32. The third kappa shape index (κ3) is 3.87. The van der Waals surface area contributed by atoms with Gasteiger partial charge >= 0.3 is 6.09 Å². The maximum Gasteiger partial charge on any atom is 0.407 e. The summed E-state index contributed by atoms with van der Waals surface area (Å²) in [6, 6.07) is 0. The summed E-state index contributed by atoms with van der Waals surface area (Å²) in [4.78, 5) is 13.7. The van der Waals surface area contributed by atoms with Gasteiger partial charge in [-0.25, -0.2) is 4.79 Å². The van der Waals surface area contributed by atoms with Gasteiger partial charge in [-0.15, -0.1) is 0 Å². The van der Waals surface area contributed by atoms with Crippen molar-refractivity contribution in [2.45, 2.75) is 44.5 Å². The highest BCUT2D eigenvalue weighted by atomic mass is 32.1. The van der Waals surface area contributed by atoms with E-state index in [9.17, 15) is 4.79 Å². The standard InChI is InChI=1S/C11H22N2O2S/c1-4-15-10(14)12-11(3)5-7-13(8-6-11)9(2)16/h9,16H,4-8H2,1-3H3,(H,12,14). The summed E-state index contributed by atoms with van der Waals surface area (Å²) in [6.07, 6.45) is 1.57. The first-order valence-corrected chi connectivity index (χ1v) is 6.35. The van der Waals surface area contributed by atoms with Gasteiger partial charge in [0.2, 0.25) is 0 Å². The minimum atomic E-state index is -0.308. The molecule has 1 fully saturated rings. The topological polar surface area (TPSA) is 41.6 Å². The number of hydrogen-bond acceptors (Lipinski definition) is 4. The molecule has 4 nitrogen and oxygen atoms in total. The Morgan fingerprint density at radius 2 is 2.12 bits per heavy atom. The molecule has 0 radical (unpaired) electrons. The second-order valence-electron chi connectivity index (χ2n) is 4.57. The quantitative estimate of drug-likeness (QED) is 0.747. The zero-order valence-corrected chi connectivity index (χ0v) is 11.2. The lowest BCUT2D eigenvalue weighted by Gasteiger charge is -2.40. The Morgan fingerprint density at radius 3 is 2.56 bits per heavy atom. The number of carbonyl (C=O) groups is 1. The van der Waals surface area contributed by atoms with Crippen molar-refractivity contribution in [3.05, 3.63) is 0 Å². The van der Waals surface area contributed by atoms with Gasteiger partial charge in [0.25, 0.3) is 0 Å². The molecule has 1 unspecified atom stereocenters. The Morgan fingerprint density at radius 1 is 1.56 bits per heavy atom. The van der Waals surface area contributed by atoms with Crippen molar-refractivity contribution in [2.75, 3.05) is 19.7 Å². The number of thiol groups is 1. The second-order valence-corrected chi connectivity index (χ2v) is 5.32. The third-order valence-corrected chi connectivity index (χ3v) is 3.44. The van der Waals surface area contributed by atoms with Crippen molar-refractivity contribution in [2.24, 2.45) is 0 Å². The average Bonchev–Trinajstić information content (AvgIpc) is 2.17. The Labute approximate surface area is 103 Å². The van der Waals surface area contributed by atoms with E-state index in [0.29, 0.717) is 6.61 Å². The third-order valence-electron chi connectivity index (χ3n) is 3.11. The van der Waals surface area contributed by atoms with Crippen LogP contribution in [0, 0.1) is 0 Å². The summed E-state index contributed by atoms with van der Waals surface area (Å²) >= 11 is 4.42. The lowest BCUT2D eigenvalue weighted by atomic mass is 9.90. The molecule has 94 valence electrons. The molecule has 0 bridgehead atoms. The molecule has 1 atom stereocenters. The zero-order valence-electron chi connectivity index (χ0n) is 10.3. The number of carbonyl (C=O) groups excluding carboxylic acids is 1. The largest absolute Gasteiger partial charge is 0.450 e. The van der Waals surface area contributed by atoms with E-state index in [4.69, 9.17) is 4.74 Å². The molecule has 1 amide bonds. The lowest BCUT2D eigenvalue weighted by molar-refractivity contribution is 0.111. The van der Waals surface area contributed by atoms with Gasteiger partial charge in [-0.1, -0.05) is 0 Å². The summed E-state index contributed by atoms with van der Waals surface area (Å²) < 4.78 is 4.91. The zero-order chi connectivity index (χ0) is 12.2. The van der Waals surface area contributed by atoms with Crippen molar-refractivity contribution in [3.63, 3.8) is 0 Å². The highest BCUT2D eigenvalue weighted by Crippen LogP contribution is 2.23. The van der Waals surface area contributed by atoms with E-state index >= 15 is 0 Å². The predicted octanol–water partition coefficient (Wildman–Crippen LogP) is 1.86. The Balaban J connectivity index is 2.40. The van der Waals surface area contributed by atoms with Gasteiger partial charge in [0.05, 0.1) is 6.61 Å². The van der Waals surface area contributed by atoms with E-state index in [-0.39, 0.29) is 17.0 Å². The van der Waals surface area contributed by atoms with Crippen LogP contribution < -0.4 is 5.32 Å². The minimum Gasteiger partial charge on any atom is -0.450 e. The number of rotatable bonds is 3. The molecular formula is C11H22N2O2S. The van der Waals surface area contributed by atoms with Crippen LogP contribution in [0.5, 0.6) is 0 Å². The lowest BCUT2D eigenvalue weighted by Crippen LogP contribution is -2.54. The molecule has 1 aliphatic rings. The predicted molar refractivity (Wildman–Crippen MR) is 67.8 cm³/mol. The van der Waals surface area contributed by atoms with Gasteiger partial charge in [-0.05, 0) is 33.6 Å². The number of likely N-dealkylation sites (tertiary alicyclic amines) is 1. The van der Waals surface area contributed by atoms with Crippen LogP contribution >= 0.6 is 12.6 Å². The number of alkyl carbamates (subject to hydrolysis) is 1. The molecule has 0 aliphatic carbocycles. The van der Waals surface area contributed by atoms with E-state index < -0.39 is 0 Å². The molecule has 0 aromatic carbocycles. The van der Waals surface area contributed by atoms with Gasteiger partial charge < -0.3 is 10.1 Å². The fraction of sp³-hybridized carbons (Fsp3) is 0.909. The van der Waals surface area contributed by atoms with Gasteiger partial charge in [-0.3, -0.25) is 4.90 Å². The number of hydrogen-bond donors (Lipinski definition) is 2. The summed E-state index contributed by atoms with van der Waals surface area (Å²) in [5, 5.41) is 3.23. The smallest absolute Gasteiger partial charge is 0.407 e. The number of nitrogens with one attached hydrogen (secondary N) is 1. The SMILES string of the molecule is CCOC(=O)NC1(C)CCN(C(C)S)CC1. The van der Waals surface area contributed by atoms with Crippen molar-refractivity contribution >= 4 is 18.7 Å². The summed E-state index contributed by atoms with van der Waals surface area (Å²) in [6.45, 7) is 8.31. The molecule has 1 saturated heterocycles. The molecule has 1 rings (SSSR count). The van der Waals surface area contributed by atoms with Crippen LogP contribution in [0.4, 0.5) is 4.79 Å². The number of piperidine rings is 1. The second kappa shape index (κ2) is 5.77. The van der Waals surface area contributed by atoms with Crippen LogP contribution in [0.1, 0.15) is 33.6 Å². The van der Waals surface area contributed by atoms with Crippen molar-refractivity contribution in [1.29, 1.82) is 0 Å². The van der Waals surface area contributed by atoms with Gasteiger partial charge in [0.15, 0.2) is 0 Å². The fourth-order valence-electron chi connectivity index (χ4n) is 1.93. The number of amides is 1. The van der Waals surface area contributed by atoms with E-state index in [1.165, 1.54) is 0 Å². The molecule has 0 aromatic rings. The summed E-state index contributed by atoms with van der Waals surface area (Å²) in [7, 11) is 0. The van der Waals surface area contributed by atoms with Gasteiger partial charge in [0, 0.05) is 24.0 Å². The maximum atomic E-state index is 11.4. The van der Waals surface area contributed by atoms with Crippen LogP contribution in [0.25, 0.3) is 0 Å². The summed E-state index contributed by atoms with van der Waals surface area (Å²) in [5.41, 5.74) is -0.134. The maximum absolute atomic E-state index is 11.4. The first kappa shape index (κ1) is 13.6. The van der Waals surface area contributed by atoms with Crippen molar-refractivity contribution < 1.29 is 9.53 Å². The molecule has 0 saturated carbocycles. The molecule has 1 aliphatic heterocycles. The van der Waals surface area contributed by atoms with Gasteiger partial charge in [-0.2, -0.15) is 12.6 Å². The van der Waals surface area contributed by atoms with E-state index in [2.05, 4.69) is 36.7 Å². The first-order valence-electron chi connectivity index (χ1n) is 5.84. The molecule has 0 spiro atoms. The molecule has 1 heterocycles.